The number of hydrogen-bond donors (Lipinski definition) is 0. The molecular weight excluding hydrogens is 211 g/mol. The monoisotopic (exact) mass is 226 g/mol. The second-order valence-corrected chi connectivity index (χ2v) is 5.80. The topological polar surface area (TPSA) is 0 Å². The van der Waals surface area contributed by atoms with Crippen molar-refractivity contribution in [1.29, 1.82) is 0 Å². The maximum absolute atomic E-state index is 2.32. The second kappa shape index (κ2) is 3.64. The van der Waals surface area contributed by atoms with Crippen LogP contribution in [-0.2, 0) is 0 Å². The summed E-state index contributed by atoms with van der Waals surface area (Å²) in [5.41, 5.74) is 1.58. The molecule has 2 rings (SSSR count). The van der Waals surface area contributed by atoms with Gasteiger partial charge in [0, 0.05) is 0 Å². The van der Waals surface area contributed by atoms with Crippen LogP contribution in [0.2, 0.25) is 5.32 Å². The van der Waals surface area contributed by atoms with Crippen molar-refractivity contribution in [3.63, 3.8) is 0 Å². The van der Waals surface area contributed by atoms with Crippen molar-refractivity contribution in [2.75, 3.05) is 0 Å². The average Bonchev–Trinajstić information content (AvgIpc) is 2.05. The van der Waals surface area contributed by atoms with Gasteiger partial charge in [0.1, 0.15) is 0 Å². The first-order chi connectivity index (χ1) is 5.92. The first kappa shape index (κ1) is 8.34. The Kier molecular flexibility index (Phi) is 2.53. The van der Waals surface area contributed by atoms with Crippen molar-refractivity contribution in [3.8, 4) is 0 Å². The van der Waals surface area contributed by atoms with E-state index in [1.807, 2.05) is 0 Å². The van der Waals surface area contributed by atoms with Gasteiger partial charge in [0.05, 0.1) is 0 Å². The number of rotatable bonds is 2. The molecule has 0 unspecified atom stereocenters. The van der Waals surface area contributed by atoms with Gasteiger partial charge in [-0.3, -0.25) is 0 Å². The molecule has 0 nitrogen and oxygen atoms in total. The Labute approximate surface area is 80.5 Å². The van der Waals surface area contributed by atoms with E-state index in [4.69, 9.17) is 0 Å². The molecule has 0 amide bonds. The summed E-state index contributed by atoms with van der Waals surface area (Å²) in [6.45, 7) is 2.32. The van der Waals surface area contributed by atoms with Crippen molar-refractivity contribution in [3.05, 3.63) is 35.9 Å². The van der Waals surface area contributed by atoms with Crippen LogP contribution in [0.3, 0.4) is 0 Å². The zero-order chi connectivity index (χ0) is 8.39. The van der Waals surface area contributed by atoms with Gasteiger partial charge < -0.3 is 0 Å². The fraction of sp³-hybridized carbons (Fsp3) is 0.455. The molecule has 0 radical (unpaired) electrons. The Morgan fingerprint density at radius 3 is 2.58 bits per heavy atom. The van der Waals surface area contributed by atoms with E-state index in [-0.39, 0.29) is 0 Å². The zero-order valence-electron chi connectivity index (χ0n) is 7.36. The van der Waals surface area contributed by atoms with Crippen LogP contribution in [0.4, 0.5) is 0 Å². The second-order valence-electron chi connectivity index (χ2n) is 3.33. The SMILES string of the molecule is CC[C@H]1C[Se][C@H]1c1ccccc1. The molecule has 1 heteroatoms. The fourth-order valence-electron chi connectivity index (χ4n) is 1.67. The van der Waals surface area contributed by atoms with Gasteiger partial charge in [-0.1, -0.05) is 0 Å². The van der Waals surface area contributed by atoms with Crippen LogP contribution < -0.4 is 0 Å². The summed E-state index contributed by atoms with van der Waals surface area (Å²) < 4.78 is 0. The minimum atomic E-state index is 0.891. The Morgan fingerprint density at radius 2 is 2.08 bits per heavy atom. The average molecular weight is 225 g/mol. The fourth-order valence-corrected chi connectivity index (χ4v) is 4.68. The molecule has 1 aliphatic rings. The maximum atomic E-state index is 2.32. The zero-order valence-corrected chi connectivity index (χ0v) is 9.08. The quantitative estimate of drug-likeness (QED) is 0.679. The van der Waals surface area contributed by atoms with E-state index in [2.05, 4.69) is 37.3 Å². The number of hydrogen-bond acceptors (Lipinski definition) is 0. The van der Waals surface area contributed by atoms with E-state index in [1.165, 1.54) is 11.7 Å². The Morgan fingerprint density at radius 1 is 1.33 bits per heavy atom. The van der Waals surface area contributed by atoms with Crippen LogP contribution in [0.15, 0.2) is 30.3 Å². The van der Waals surface area contributed by atoms with E-state index in [1.54, 1.807) is 5.56 Å². The van der Waals surface area contributed by atoms with Crippen LogP contribution in [0.5, 0.6) is 0 Å². The van der Waals surface area contributed by atoms with Gasteiger partial charge >= 0.3 is 80.3 Å². The summed E-state index contributed by atoms with van der Waals surface area (Å²) in [7, 11) is 0. The third kappa shape index (κ3) is 1.44. The summed E-state index contributed by atoms with van der Waals surface area (Å²) in [5.74, 6) is 0.993. The van der Waals surface area contributed by atoms with Crippen LogP contribution in [0.25, 0.3) is 0 Å². The van der Waals surface area contributed by atoms with Gasteiger partial charge in [-0.2, -0.15) is 0 Å². The molecule has 64 valence electrons. The van der Waals surface area contributed by atoms with Crippen LogP contribution in [0.1, 0.15) is 23.7 Å². The predicted octanol–water partition coefficient (Wildman–Crippen LogP) is 2.89. The summed E-state index contributed by atoms with van der Waals surface area (Å²) in [6.07, 6.45) is 1.36. The van der Waals surface area contributed by atoms with Gasteiger partial charge in [0.2, 0.25) is 0 Å². The molecule has 0 aromatic heterocycles. The van der Waals surface area contributed by atoms with E-state index in [0.29, 0.717) is 0 Å². The molecular formula is C11H14Se. The van der Waals surface area contributed by atoms with E-state index in [0.717, 1.165) is 25.7 Å². The summed E-state index contributed by atoms with van der Waals surface area (Å²) in [5, 5.41) is 1.50. The standard InChI is InChI=1S/C11H14Se/c1-2-9-8-12-11(9)10-6-4-3-5-7-10/h3-7,9,11H,2,8H2,1H3/t9-,11+/m0/s1. The first-order valence-electron chi connectivity index (χ1n) is 4.58. The van der Waals surface area contributed by atoms with Gasteiger partial charge in [-0.25, -0.2) is 0 Å². The molecule has 1 heterocycles. The van der Waals surface area contributed by atoms with Gasteiger partial charge in [0.15, 0.2) is 0 Å². The van der Waals surface area contributed by atoms with E-state index in [9.17, 15) is 0 Å². The molecule has 0 saturated carbocycles. The van der Waals surface area contributed by atoms with Crippen molar-refractivity contribution >= 4 is 15.0 Å². The van der Waals surface area contributed by atoms with Gasteiger partial charge in [-0.05, 0) is 0 Å². The molecule has 1 aromatic rings. The molecule has 1 aromatic carbocycles. The molecule has 1 saturated heterocycles. The van der Waals surface area contributed by atoms with Crippen molar-refractivity contribution < 1.29 is 0 Å². The Balaban J connectivity index is 2.11. The van der Waals surface area contributed by atoms with Crippen molar-refractivity contribution in [2.24, 2.45) is 5.92 Å². The first-order valence-corrected chi connectivity index (χ1v) is 6.78. The summed E-state index contributed by atoms with van der Waals surface area (Å²) in [6, 6.07) is 11.0. The molecule has 12 heavy (non-hydrogen) atoms. The Hall–Kier alpha value is -0.261. The van der Waals surface area contributed by atoms with Crippen molar-refractivity contribution in [2.45, 2.75) is 23.5 Å². The number of benzene rings is 1. The molecule has 1 fully saturated rings. The van der Waals surface area contributed by atoms with Crippen LogP contribution >= 0.6 is 0 Å². The third-order valence-corrected chi connectivity index (χ3v) is 6.00. The molecule has 0 aliphatic carbocycles. The molecule has 0 bridgehead atoms. The van der Waals surface area contributed by atoms with Crippen LogP contribution in [-0.4, -0.2) is 15.0 Å². The third-order valence-electron chi connectivity index (χ3n) is 2.57. The molecule has 1 aliphatic heterocycles. The normalized spacial score (nSPS) is 28.1. The minimum absolute atomic E-state index is 0.891. The predicted molar refractivity (Wildman–Crippen MR) is 53.5 cm³/mol. The van der Waals surface area contributed by atoms with Gasteiger partial charge in [0.25, 0.3) is 0 Å². The summed E-state index contributed by atoms with van der Waals surface area (Å²) >= 11 is 0.891. The van der Waals surface area contributed by atoms with Gasteiger partial charge in [-0.15, -0.1) is 0 Å². The van der Waals surface area contributed by atoms with Crippen LogP contribution in [0, 0.1) is 5.92 Å². The molecule has 2 atom stereocenters. The van der Waals surface area contributed by atoms with Crippen molar-refractivity contribution in [1.82, 2.24) is 0 Å². The molecule has 0 spiro atoms. The summed E-state index contributed by atoms with van der Waals surface area (Å²) in [4.78, 5) is 0.934. The van der Waals surface area contributed by atoms with E-state index >= 15 is 0 Å². The van der Waals surface area contributed by atoms with E-state index < -0.39 is 0 Å². The Bertz CT molecular complexity index is 240. The molecule has 0 N–H and O–H groups in total.